The first-order chi connectivity index (χ1) is 9.27. The number of alkyl halides is 2. The Balaban J connectivity index is 2.56. The van der Waals surface area contributed by atoms with E-state index >= 15 is 0 Å². The number of carboxylic acids is 1. The number of carbonyl (C=O) groups is 1. The first-order valence-corrected chi connectivity index (χ1v) is 6.69. The Hall–Kier alpha value is -1.52. The van der Waals surface area contributed by atoms with Gasteiger partial charge in [-0.15, -0.1) is 0 Å². The van der Waals surface area contributed by atoms with Crippen molar-refractivity contribution < 1.29 is 23.1 Å². The van der Waals surface area contributed by atoms with E-state index in [1.54, 1.807) is 0 Å². The second kappa shape index (κ2) is 5.11. The summed E-state index contributed by atoms with van der Waals surface area (Å²) in [5.41, 5.74) is -1.83. The van der Waals surface area contributed by atoms with Crippen LogP contribution in [0, 0.1) is 5.82 Å². The van der Waals surface area contributed by atoms with Crippen molar-refractivity contribution in [2.24, 2.45) is 0 Å². The maximum Gasteiger partial charge on any atom is 0.314 e. The quantitative estimate of drug-likeness (QED) is 0.903. The summed E-state index contributed by atoms with van der Waals surface area (Å²) in [5, 5.41) is 9.51. The molecule has 20 heavy (non-hydrogen) atoms. The van der Waals surface area contributed by atoms with Crippen molar-refractivity contribution in [3.63, 3.8) is 0 Å². The molecule has 0 radical (unpaired) electrons. The lowest BCUT2D eigenvalue weighted by atomic mass is 9.69. The molecule has 0 spiro atoms. The third-order valence-corrected chi connectivity index (χ3v) is 4.11. The number of benzene rings is 1. The van der Waals surface area contributed by atoms with E-state index in [0.717, 1.165) is 31.5 Å². The van der Waals surface area contributed by atoms with Crippen molar-refractivity contribution in [3.05, 3.63) is 35.1 Å². The Morgan fingerprint density at radius 3 is 2.35 bits per heavy atom. The molecule has 0 bridgehead atoms. The van der Waals surface area contributed by atoms with Gasteiger partial charge in [-0.3, -0.25) is 4.79 Å². The van der Waals surface area contributed by atoms with Crippen LogP contribution in [0.5, 0.6) is 0 Å². The molecule has 1 aromatic carbocycles. The molecular formula is C15H17F3O2. The number of aliphatic carboxylic acids is 1. The molecule has 5 heteroatoms. The van der Waals surface area contributed by atoms with E-state index < -0.39 is 23.1 Å². The van der Waals surface area contributed by atoms with Crippen molar-refractivity contribution in [2.75, 3.05) is 0 Å². The van der Waals surface area contributed by atoms with E-state index in [1.807, 2.05) is 0 Å². The number of carboxylic acid groups (broad SMARTS) is 1. The predicted molar refractivity (Wildman–Crippen MR) is 68.4 cm³/mol. The number of halogens is 3. The molecule has 0 saturated heterocycles. The molecule has 1 aliphatic rings. The predicted octanol–water partition coefficient (Wildman–Crippen LogP) is 4.22. The Labute approximate surface area is 115 Å². The Bertz CT molecular complexity index is 514. The molecule has 0 aromatic heterocycles. The zero-order valence-electron chi connectivity index (χ0n) is 11.3. The van der Waals surface area contributed by atoms with Crippen molar-refractivity contribution in [3.8, 4) is 0 Å². The number of rotatable bonds is 3. The Morgan fingerprint density at radius 1 is 1.25 bits per heavy atom. The molecule has 0 heterocycles. The normalized spacial score (nSPS) is 18.8. The van der Waals surface area contributed by atoms with E-state index in [0.29, 0.717) is 12.8 Å². The van der Waals surface area contributed by atoms with Gasteiger partial charge in [-0.25, -0.2) is 13.2 Å². The van der Waals surface area contributed by atoms with Crippen LogP contribution in [0.2, 0.25) is 0 Å². The Kier molecular flexibility index (Phi) is 3.80. The Morgan fingerprint density at radius 2 is 1.85 bits per heavy atom. The molecule has 0 amide bonds. The van der Waals surface area contributed by atoms with E-state index in [1.165, 1.54) is 0 Å². The molecule has 1 N–H and O–H groups in total. The molecular weight excluding hydrogens is 269 g/mol. The van der Waals surface area contributed by atoms with Gasteiger partial charge in [-0.2, -0.15) is 0 Å². The minimum atomic E-state index is -3.11. The van der Waals surface area contributed by atoms with Gasteiger partial charge in [0.05, 0.1) is 5.41 Å². The van der Waals surface area contributed by atoms with Crippen LogP contribution >= 0.6 is 0 Å². The summed E-state index contributed by atoms with van der Waals surface area (Å²) in [4.78, 5) is 11.6. The second-order valence-corrected chi connectivity index (χ2v) is 5.53. The molecule has 0 unspecified atom stereocenters. The van der Waals surface area contributed by atoms with E-state index in [4.69, 9.17) is 0 Å². The zero-order valence-corrected chi connectivity index (χ0v) is 11.3. The highest BCUT2D eigenvalue weighted by Gasteiger charge is 2.44. The monoisotopic (exact) mass is 286 g/mol. The topological polar surface area (TPSA) is 37.3 Å². The summed E-state index contributed by atoms with van der Waals surface area (Å²) in [6, 6.07) is 2.98. The van der Waals surface area contributed by atoms with E-state index in [-0.39, 0.29) is 24.0 Å². The number of hydrogen-bond acceptors (Lipinski definition) is 1. The first kappa shape index (κ1) is 14.9. The van der Waals surface area contributed by atoms with Crippen molar-refractivity contribution in [1.82, 2.24) is 0 Å². The first-order valence-electron chi connectivity index (χ1n) is 6.69. The van der Waals surface area contributed by atoms with Crippen LogP contribution in [0.1, 0.15) is 50.2 Å². The fourth-order valence-electron chi connectivity index (χ4n) is 2.92. The molecule has 110 valence electrons. The average molecular weight is 286 g/mol. The zero-order chi connectivity index (χ0) is 15.0. The van der Waals surface area contributed by atoms with Crippen molar-refractivity contribution in [2.45, 2.75) is 50.4 Å². The summed E-state index contributed by atoms with van der Waals surface area (Å²) >= 11 is 0. The van der Waals surface area contributed by atoms with Gasteiger partial charge in [0.2, 0.25) is 0 Å². The van der Waals surface area contributed by atoms with E-state index in [9.17, 15) is 23.1 Å². The van der Waals surface area contributed by atoms with Crippen LogP contribution in [0.25, 0.3) is 0 Å². The van der Waals surface area contributed by atoms with Gasteiger partial charge in [0.25, 0.3) is 5.92 Å². The largest absolute Gasteiger partial charge is 0.481 e. The van der Waals surface area contributed by atoms with Gasteiger partial charge in [0.1, 0.15) is 5.82 Å². The van der Waals surface area contributed by atoms with Crippen molar-refractivity contribution in [1.29, 1.82) is 0 Å². The average Bonchev–Trinajstić information content (AvgIpc) is 2.38. The van der Waals surface area contributed by atoms with Crippen LogP contribution in [-0.2, 0) is 16.1 Å². The minimum Gasteiger partial charge on any atom is -0.481 e. The molecule has 0 aliphatic heterocycles. The molecule has 1 fully saturated rings. The van der Waals surface area contributed by atoms with Gasteiger partial charge in [0.15, 0.2) is 0 Å². The summed E-state index contributed by atoms with van der Waals surface area (Å²) in [6.45, 7) is 0.721. The van der Waals surface area contributed by atoms with Gasteiger partial charge < -0.3 is 5.11 Å². The van der Waals surface area contributed by atoms with Crippen LogP contribution in [0.4, 0.5) is 13.2 Å². The van der Waals surface area contributed by atoms with Gasteiger partial charge in [0, 0.05) is 18.1 Å². The molecule has 2 nitrogen and oxygen atoms in total. The fraction of sp³-hybridized carbons (Fsp3) is 0.533. The summed E-state index contributed by atoms with van der Waals surface area (Å²) in [5.74, 6) is -4.97. The number of hydrogen-bond donors (Lipinski definition) is 1. The molecule has 2 rings (SSSR count). The van der Waals surface area contributed by atoms with Crippen LogP contribution in [-0.4, -0.2) is 11.1 Å². The van der Waals surface area contributed by atoms with Crippen LogP contribution in [0.15, 0.2) is 18.2 Å². The summed E-state index contributed by atoms with van der Waals surface area (Å²) < 4.78 is 40.8. The highest BCUT2D eigenvalue weighted by Crippen LogP contribution is 2.42. The van der Waals surface area contributed by atoms with Crippen LogP contribution in [0.3, 0.4) is 0 Å². The maximum atomic E-state index is 14.0. The maximum absolute atomic E-state index is 14.0. The van der Waals surface area contributed by atoms with E-state index in [2.05, 4.69) is 0 Å². The lowest BCUT2D eigenvalue weighted by molar-refractivity contribution is -0.145. The van der Waals surface area contributed by atoms with Crippen LogP contribution < -0.4 is 0 Å². The third-order valence-electron chi connectivity index (χ3n) is 4.11. The smallest absolute Gasteiger partial charge is 0.314 e. The SMILES string of the molecule is CC(F)(F)c1ccc(F)c(C2(C(=O)O)CCCCC2)c1. The highest BCUT2D eigenvalue weighted by molar-refractivity contribution is 5.81. The molecule has 1 aliphatic carbocycles. The summed E-state index contributed by atoms with van der Waals surface area (Å²) in [7, 11) is 0. The fourth-order valence-corrected chi connectivity index (χ4v) is 2.92. The van der Waals surface area contributed by atoms with Crippen molar-refractivity contribution >= 4 is 5.97 Å². The third kappa shape index (κ3) is 2.53. The molecule has 1 saturated carbocycles. The lowest BCUT2D eigenvalue weighted by Gasteiger charge is -2.34. The lowest BCUT2D eigenvalue weighted by Crippen LogP contribution is -2.39. The van der Waals surface area contributed by atoms with Gasteiger partial charge in [-0.05, 0) is 25.0 Å². The summed E-state index contributed by atoms with van der Waals surface area (Å²) in [6.07, 6.45) is 2.80. The van der Waals surface area contributed by atoms with Gasteiger partial charge >= 0.3 is 5.97 Å². The molecule has 1 aromatic rings. The highest BCUT2D eigenvalue weighted by atomic mass is 19.3. The second-order valence-electron chi connectivity index (χ2n) is 5.53. The minimum absolute atomic E-state index is 0.108. The molecule has 0 atom stereocenters. The van der Waals surface area contributed by atoms with Gasteiger partial charge in [-0.1, -0.05) is 25.3 Å². The standard InChI is InChI=1S/C15H17F3O2/c1-14(17,18)10-5-6-12(16)11(9-10)15(13(19)20)7-3-2-4-8-15/h5-6,9H,2-4,7-8H2,1H3,(H,19,20).